The van der Waals surface area contributed by atoms with Gasteiger partial charge in [-0.1, -0.05) is 44.0 Å². The molecule has 6 rings (SSSR count). The minimum Gasteiger partial charge on any atom is -0.372 e. The molecule has 5 heteroatoms. The fraction of sp³-hybridized carbons (Fsp3) is 0.433. The maximum absolute atomic E-state index is 13.4. The third kappa shape index (κ3) is 4.44. The summed E-state index contributed by atoms with van der Waals surface area (Å²) in [6, 6.07) is 17.0. The summed E-state index contributed by atoms with van der Waals surface area (Å²) in [7, 11) is 0. The van der Waals surface area contributed by atoms with Gasteiger partial charge in [-0.25, -0.2) is 9.97 Å². The molecular weight excluding hydrogens is 432 g/mol. The predicted octanol–water partition coefficient (Wildman–Crippen LogP) is 6.52. The van der Waals surface area contributed by atoms with E-state index in [0.29, 0.717) is 24.1 Å². The van der Waals surface area contributed by atoms with Crippen molar-refractivity contribution >= 4 is 23.1 Å². The molecule has 0 bridgehead atoms. The lowest BCUT2D eigenvalue weighted by atomic mass is 9.80. The number of ketones is 1. The number of anilines is 3. The monoisotopic (exact) mass is 466 g/mol. The predicted molar refractivity (Wildman–Crippen MR) is 141 cm³/mol. The highest BCUT2D eigenvalue weighted by atomic mass is 16.1. The van der Waals surface area contributed by atoms with Gasteiger partial charge in [0, 0.05) is 54.1 Å². The summed E-state index contributed by atoms with van der Waals surface area (Å²) in [6.45, 7) is 4.60. The van der Waals surface area contributed by atoms with E-state index in [1.54, 1.807) is 0 Å². The van der Waals surface area contributed by atoms with Crippen LogP contribution in [0, 0.1) is 11.8 Å². The Hall–Kier alpha value is -3.21. The number of carbonyl (C=O) groups is 1. The molecule has 0 amide bonds. The van der Waals surface area contributed by atoms with Gasteiger partial charge >= 0.3 is 0 Å². The van der Waals surface area contributed by atoms with E-state index in [2.05, 4.69) is 70.7 Å². The van der Waals surface area contributed by atoms with E-state index >= 15 is 0 Å². The largest absolute Gasteiger partial charge is 0.372 e. The van der Waals surface area contributed by atoms with E-state index in [1.165, 1.54) is 31.4 Å². The third-order valence-corrected chi connectivity index (χ3v) is 8.27. The summed E-state index contributed by atoms with van der Waals surface area (Å²) < 4.78 is 0. The highest BCUT2D eigenvalue weighted by Crippen LogP contribution is 2.44. The van der Waals surface area contributed by atoms with Gasteiger partial charge in [0.2, 0.25) is 5.95 Å². The molecule has 0 spiro atoms. The van der Waals surface area contributed by atoms with Crippen LogP contribution in [0.15, 0.2) is 54.7 Å². The topological polar surface area (TPSA) is 58.1 Å². The molecule has 35 heavy (non-hydrogen) atoms. The number of fused-ring (bicyclic) bond motifs is 3. The maximum Gasteiger partial charge on any atom is 0.227 e. The Labute approximate surface area is 208 Å². The molecule has 2 aromatic carbocycles. The number of rotatable bonds is 4. The van der Waals surface area contributed by atoms with Gasteiger partial charge in [0.05, 0.1) is 5.69 Å². The number of hydrogen-bond acceptors (Lipinski definition) is 5. The van der Waals surface area contributed by atoms with Gasteiger partial charge in [0.15, 0.2) is 0 Å². The first kappa shape index (κ1) is 22.3. The molecule has 1 unspecified atom stereocenters. The van der Waals surface area contributed by atoms with E-state index in [1.807, 2.05) is 6.20 Å². The molecule has 1 saturated heterocycles. The summed E-state index contributed by atoms with van der Waals surface area (Å²) in [6.07, 6.45) is 9.52. The SMILES string of the molecule is CC1CCN(c2ccc(Nc3ncc4c(n3)-c3ccccc3C(C3CCCC3)C(=O)C4)cc2)CC1. The van der Waals surface area contributed by atoms with Gasteiger partial charge in [-0.2, -0.15) is 0 Å². The van der Waals surface area contributed by atoms with Crippen LogP contribution >= 0.6 is 0 Å². The summed E-state index contributed by atoms with van der Waals surface area (Å²) in [5.74, 6) is 2.14. The van der Waals surface area contributed by atoms with E-state index in [-0.39, 0.29) is 5.92 Å². The number of nitrogens with zero attached hydrogens (tertiary/aromatic N) is 3. The normalized spacial score (nSPS) is 20.9. The third-order valence-electron chi connectivity index (χ3n) is 8.27. The minimum atomic E-state index is -0.0235. The van der Waals surface area contributed by atoms with Gasteiger partial charge in [-0.15, -0.1) is 0 Å². The zero-order chi connectivity index (χ0) is 23.8. The first-order valence-corrected chi connectivity index (χ1v) is 13.3. The molecule has 1 atom stereocenters. The fourth-order valence-corrected chi connectivity index (χ4v) is 6.24. The van der Waals surface area contributed by atoms with Crippen molar-refractivity contribution in [1.29, 1.82) is 0 Å². The summed E-state index contributed by atoms with van der Waals surface area (Å²) in [5, 5.41) is 3.39. The van der Waals surface area contributed by atoms with Gasteiger partial charge in [-0.3, -0.25) is 4.79 Å². The second kappa shape index (κ2) is 9.44. The molecule has 5 nitrogen and oxygen atoms in total. The lowest BCUT2D eigenvalue weighted by molar-refractivity contribution is -0.120. The molecular formula is C30H34N4O. The van der Waals surface area contributed by atoms with Gasteiger partial charge < -0.3 is 10.2 Å². The van der Waals surface area contributed by atoms with Crippen LogP contribution in [0.4, 0.5) is 17.3 Å². The second-order valence-electron chi connectivity index (χ2n) is 10.7. The van der Waals surface area contributed by atoms with Crippen molar-refractivity contribution in [2.75, 3.05) is 23.3 Å². The summed E-state index contributed by atoms with van der Waals surface area (Å²) in [4.78, 5) is 25.4. The maximum atomic E-state index is 13.4. The minimum absolute atomic E-state index is 0.0235. The molecule has 2 aliphatic carbocycles. The smallest absolute Gasteiger partial charge is 0.227 e. The van der Waals surface area contributed by atoms with E-state index < -0.39 is 0 Å². The lowest BCUT2D eigenvalue weighted by Crippen LogP contribution is -2.32. The highest BCUT2D eigenvalue weighted by Gasteiger charge is 2.36. The lowest BCUT2D eigenvalue weighted by Gasteiger charge is -2.32. The molecule has 1 saturated carbocycles. The number of Topliss-reactive ketones (excluding diaryl/α,β-unsaturated/α-hetero) is 1. The van der Waals surface area contributed by atoms with Crippen molar-refractivity contribution in [1.82, 2.24) is 9.97 Å². The first-order chi connectivity index (χ1) is 17.2. The van der Waals surface area contributed by atoms with E-state index in [0.717, 1.165) is 59.9 Å². The van der Waals surface area contributed by atoms with Crippen LogP contribution in [0.3, 0.4) is 0 Å². The van der Waals surface area contributed by atoms with E-state index in [4.69, 9.17) is 4.98 Å². The number of benzene rings is 2. The Morgan fingerprint density at radius 2 is 1.69 bits per heavy atom. The van der Waals surface area contributed by atoms with Crippen molar-refractivity contribution in [3.05, 3.63) is 65.9 Å². The molecule has 3 aliphatic rings. The van der Waals surface area contributed by atoms with Crippen LogP contribution in [0.2, 0.25) is 0 Å². The Morgan fingerprint density at radius 1 is 0.943 bits per heavy atom. The number of carbonyl (C=O) groups excluding carboxylic acids is 1. The van der Waals surface area contributed by atoms with Crippen LogP contribution in [-0.4, -0.2) is 28.8 Å². The quantitative estimate of drug-likeness (QED) is 0.474. The molecule has 2 heterocycles. The van der Waals surface area contributed by atoms with Crippen LogP contribution in [0.5, 0.6) is 0 Å². The fourth-order valence-electron chi connectivity index (χ4n) is 6.24. The zero-order valence-electron chi connectivity index (χ0n) is 20.5. The second-order valence-corrected chi connectivity index (χ2v) is 10.7. The molecule has 2 fully saturated rings. The van der Waals surface area contributed by atoms with Crippen LogP contribution < -0.4 is 10.2 Å². The van der Waals surface area contributed by atoms with Crippen LogP contribution in [0.25, 0.3) is 11.3 Å². The number of hydrogen-bond donors (Lipinski definition) is 1. The van der Waals surface area contributed by atoms with Crippen molar-refractivity contribution in [3.63, 3.8) is 0 Å². The number of aromatic nitrogens is 2. The average molecular weight is 467 g/mol. The van der Waals surface area contributed by atoms with Gasteiger partial charge in [0.1, 0.15) is 5.78 Å². The Balaban J connectivity index is 1.27. The molecule has 1 aromatic heterocycles. The zero-order valence-corrected chi connectivity index (χ0v) is 20.5. The molecule has 0 radical (unpaired) electrons. The summed E-state index contributed by atoms with van der Waals surface area (Å²) >= 11 is 0. The average Bonchev–Trinajstić information content (AvgIpc) is 3.37. The molecule has 1 aliphatic heterocycles. The van der Waals surface area contributed by atoms with Crippen molar-refractivity contribution in [2.45, 2.75) is 57.8 Å². The van der Waals surface area contributed by atoms with Crippen molar-refractivity contribution in [3.8, 4) is 11.3 Å². The first-order valence-electron chi connectivity index (χ1n) is 13.3. The Morgan fingerprint density at radius 3 is 2.46 bits per heavy atom. The van der Waals surface area contributed by atoms with Crippen LogP contribution in [-0.2, 0) is 11.2 Å². The van der Waals surface area contributed by atoms with Crippen molar-refractivity contribution < 1.29 is 4.79 Å². The number of nitrogens with one attached hydrogen (secondary N) is 1. The molecule has 180 valence electrons. The van der Waals surface area contributed by atoms with E-state index in [9.17, 15) is 4.79 Å². The van der Waals surface area contributed by atoms with Crippen molar-refractivity contribution in [2.24, 2.45) is 11.8 Å². The van der Waals surface area contributed by atoms with Crippen LogP contribution in [0.1, 0.15) is 62.5 Å². The summed E-state index contributed by atoms with van der Waals surface area (Å²) in [5.41, 5.74) is 6.31. The highest BCUT2D eigenvalue weighted by molar-refractivity contribution is 5.94. The van der Waals surface area contributed by atoms with Gasteiger partial charge in [0.25, 0.3) is 0 Å². The molecule has 1 N–H and O–H groups in total. The Kier molecular flexibility index (Phi) is 6.01. The van der Waals surface area contributed by atoms with Gasteiger partial charge in [-0.05, 0) is 67.3 Å². The molecule has 3 aromatic rings. The number of piperidine rings is 1. The standard InChI is InChI=1S/C30H34N4O/c1-20-14-16-34(17-15-20)24-12-10-23(11-13-24)32-30-31-19-22-18-27(35)28(21-6-2-3-7-21)25-8-4-5-9-26(25)29(22)33-30/h4-5,8-13,19-21,28H,2-3,6-7,14-18H2,1H3,(H,31,32,33). The Bertz CT molecular complexity index is 1210.